The second-order valence-corrected chi connectivity index (χ2v) is 8.16. The van der Waals surface area contributed by atoms with Crippen molar-refractivity contribution in [2.75, 3.05) is 13.4 Å². The van der Waals surface area contributed by atoms with Crippen molar-refractivity contribution in [1.82, 2.24) is 5.32 Å². The van der Waals surface area contributed by atoms with Gasteiger partial charge >= 0.3 is 0 Å². The first kappa shape index (κ1) is 16.4. The van der Waals surface area contributed by atoms with Crippen LogP contribution in [0, 0.1) is 5.82 Å². The Morgan fingerprint density at radius 2 is 2.10 bits per heavy atom. The van der Waals surface area contributed by atoms with E-state index >= 15 is 0 Å². The predicted molar refractivity (Wildman–Crippen MR) is 80.2 cm³/mol. The number of ether oxygens (including phenoxy) is 1. The summed E-state index contributed by atoms with van der Waals surface area (Å²) >= 11 is 0. The molecule has 0 spiro atoms. The highest BCUT2D eigenvalue weighted by Gasteiger charge is 2.55. The van der Waals surface area contributed by atoms with Crippen molar-refractivity contribution in [2.24, 2.45) is 0 Å². The molecule has 21 heavy (non-hydrogen) atoms. The molecule has 2 rings (SSSR count). The van der Waals surface area contributed by atoms with Crippen LogP contribution in [0.15, 0.2) is 18.2 Å². The number of hydrogen-bond acceptors (Lipinski definition) is 4. The number of benzene rings is 1. The molecule has 1 aromatic rings. The van der Waals surface area contributed by atoms with E-state index in [4.69, 9.17) is 4.74 Å². The molecule has 1 aromatic carbocycles. The first-order valence-corrected chi connectivity index (χ1v) is 8.88. The Hall–Kier alpha value is -0.980. The average Bonchev–Trinajstić information content (AvgIpc) is 3.20. The minimum Gasteiger partial charge on any atom is -0.380 e. The third kappa shape index (κ3) is 3.44. The van der Waals surface area contributed by atoms with Gasteiger partial charge in [0.15, 0.2) is 9.84 Å². The van der Waals surface area contributed by atoms with Crippen molar-refractivity contribution < 1.29 is 17.5 Å². The summed E-state index contributed by atoms with van der Waals surface area (Å²) in [5, 5.41) is 3.25. The van der Waals surface area contributed by atoms with Crippen molar-refractivity contribution >= 4 is 9.84 Å². The number of hydrogen-bond donors (Lipinski definition) is 1. The Bertz CT molecular complexity index is 611. The second kappa shape index (κ2) is 6.02. The van der Waals surface area contributed by atoms with Gasteiger partial charge in [0.2, 0.25) is 0 Å². The highest BCUT2D eigenvalue weighted by Crippen LogP contribution is 2.46. The molecular weight excluding hydrogens is 293 g/mol. The van der Waals surface area contributed by atoms with E-state index < -0.39 is 14.6 Å². The summed E-state index contributed by atoms with van der Waals surface area (Å²) < 4.78 is 41.6. The molecule has 1 atom stereocenters. The zero-order chi connectivity index (χ0) is 15.7. The van der Waals surface area contributed by atoms with Gasteiger partial charge in [-0.1, -0.05) is 6.07 Å². The van der Waals surface area contributed by atoms with Crippen molar-refractivity contribution in [3.63, 3.8) is 0 Å². The van der Waals surface area contributed by atoms with Crippen LogP contribution in [0.3, 0.4) is 0 Å². The minimum absolute atomic E-state index is 0.122. The lowest BCUT2D eigenvalue weighted by atomic mass is 10.1. The molecule has 1 aliphatic carbocycles. The first-order valence-electron chi connectivity index (χ1n) is 6.99. The lowest BCUT2D eigenvalue weighted by Crippen LogP contribution is -2.43. The van der Waals surface area contributed by atoms with Crippen LogP contribution in [0.5, 0.6) is 0 Å². The third-order valence-electron chi connectivity index (χ3n) is 4.29. The Balaban J connectivity index is 2.02. The Morgan fingerprint density at radius 1 is 1.43 bits per heavy atom. The van der Waals surface area contributed by atoms with Crippen LogP contribution >= 0.6 is 0 Å². The topological polar surface area (TPSA) is 55.4 Å². The van der Waals surface area contributed by atoms with Crippen LogP contribution in [-0.2, 0) is 27.7 Å². The maximum Gasteiger partial charge on any atom is 0.154 e. The van der Waals surface area contributed by atoms with E-state index in [0.717, 1.165) is 5.56 Å². The fourth-order valence-corrected chi connectivity index (χ4v) is 4.28. The normalized spacial score (nSPS) is 18.5. The van der Waals surface area contributed by atoms with Gasteiger partial charge in [-0.25, -0.2) is 12.8 Å². The molecular formula is C15H22FNO3S. The fraction of sp³-hybridized carbons (Fsp3) is 0.600. The van der Waals surface area contributed by atoms with Crippen LogP contribution in [-0.4, -0.2) is 32.6 Å². The summed E-state index contributed by atoms with van der Waals surface area (Å²) in [6, 6.07) is 4.75. The van der Waals surface area contributed by atoms with E-state index in [0.29, 0.717) is 24.9 Å². The summed E-state index contributed by atoms with van der Waals surface area (Å²) in [5.41, 5.74) is 1.42. The summed E-state index contributed by atoms with van der Waals surface area (Å²) in [4.78, 5) is 0. The van der Waals surface area contributed by atoms with Crippen LogP contribution in [0.25, 0.3) is 0 Å². The zero-order valence-electron chi connectivity index (χ0n) is 12.6. The smallest absolute Gasteiger partial charge is 0.154 e. The predicted octanol–water partition coefficient (Wildman–Crippen LogP) is 2.03. The maximum atomic E-state index is 13.5. The second-order valence-electron chi connectivity index (χ2n) is 5.80. The first-order chi connectivity index (χ1) is 9.80. The van der Waals surface area contributed by atoms with Gasteiger partial charge in [0, 0.05) is 31.5 Å². The molecule has 1 fully saturated rings. The molecule has 0 radical (unpaired) electrons. The van der Waals surface area contributed by atoms with E-state index in [1.807, 2.05) is 6.92 Å². The quantitative estimate of drug-likeness (QED) is 0.836. The number of rotatable bonds is 7. The summed E-state index contributed by atoms with van der Waals surface area (Å²) in [6.45, 7) is 2.63. The molecule has 0 bridgehead atoms. The minimum atomic E-state index is -3.06. The number of halogens is 1. The van der Waals surface area contributed by atoms with E-state index in [1.54, 1.807) is 12.1 Å². The van der Waals surface area contributed by atoms with E-state index in [9.17, 15) is 12.8 Å². The molecule has 1 aliphatic rings. The molecule has 1 saturated carbocycles. The highest BCUT2D eigenvalue weighted by atomic mass is 32.2. The van der Waals surface area contributed by atoms with Gasteiger partial charge in [-0.3, -0.25) is 0 Å². The van der Waals surface area contributed by atoms with Crippen LogP contribution in [0.4, 0.5) is 4.39 Å². The molecule has 0 heterocycles. The van der Waals surface area contributed by atoms with Crippen molar-refractivity contribution in [3.8, 4) is 0 Å². The zero-order valence-corrected chi connectivity index (χ0v) is 13.5. The van der Waals surface area contributed by atoms with E-state index in [-0.39, 0.29) is 18.5 Å². The Morgan fingerprint density at radius 3 is 2.62 bits per heavy atom. The standard InChI is InChI=1S/C15H22FNO3S/c1-11(15(6-7-15)21(3,18)19)17-9-12-4-5-14(16)13(8-12)10-20-2/h4-5,8,11,17H,6-7,9-10H2,1-3H3/t11-/m0/s1. The summed E-state index contributed by atoms with van der Waals surface area (Å²) in [7, 11) is -1.54. The van der Waals surface area contributed by atoms with Gasteiger partial charge in [0.25, 0.3) is 0 Å². The molecule has 118 valence electrons. The van der Waals surface area contributed by atoms with E-state index in [2.05, 4.69) is 5.32 Å². The molecule has 0 aliphatic heterocycles. The molecule has 1 N–H and O–H groups in total. The van der Waals surface area contributed by atoms with Gasteiger partial charge in [0.05, 0.1) is 11.4 Å². The van der Waals surface area contributed by atoms with Gasteiger partial charge in [-0.2, -0.15) is 0 Å². The van der Waals surface area contributed by atoms with Gasteiger partial charge in [-0.05, 0) is 37.5 Å². The van der Waals surface area contributed by atoms with Crippen LogP contribution in [0.2, 0.25) is 0 Å². The number of sulfone groups is 1. The monoisotopic (exact) mass is 315 g/mol. The molecule has 0 unspecified atom stereocenters. The Kier molecular flexibility index (Phi) is 4.70. The lowest BCUT2D eigenvalue weighted by molar-refractivity contribution is 0.181. The van der Waals surface area contributed by atoms with Crippen molar-refractivity contribution in [1.29, 1.82) is 0 Å². The molecule has 0 amide bonds. The lowest BCUT2D eigenvalue weighted by Gasteiger charge is -2.23. The molecule has 4 nitrogen and oxygen atoms in total. The summed E-state index contributed by atoms with van der Waals surface area (Å²) in [5.74, 6) is -0.288. The van der Waals surface area contributed by atoms with Crippen LogP contribution < -0.4 is 5.32 Å². The largest absolute Gasteiger partial charge is 0.380 e. The van der Waals surface area contributed by atoms with Crippen molar-refractivity contribution in [3.05, 3.63) is 35.1 Å². The van der Waals surface area contributed by atoms with E-state index in [1.165, 1.54) is 19.4 Å². The number of nitrogens with one attached hydrogen (secondary N) is 1. The average molecular weight is 315 g/mol. The highest BCUT2D eigenvalue weighted by molar-refractivity contribution is 7.92. The number of methoxy groups -OCH3 is 1. The maximum absolute atomic E-state index is 13.5. The fourth-order valence-electron chi connectivity index (χ4n) is 2.71. The van der Waals surface area contributed by atoms with Gasteiger partial charge in [-0.15, -0.1) is 0 Å². The SMILES string of the molecule is COCc1cc(CN[C@@H](C)C2(S(C)(=O)=O)CC2)ccc1F. The van der Waals surface area contributed by atoms with Crippen LogP contribution in [0.1, 0.15) is 30.9 Å². The van der Waals surface area contributed by atoms with Gasteiger partial charge < -0.3 is 10.1 Å². The summed E-state index contributed by atoms with van der Waals surface area (Å²) in [6.07, 6.45) is 2.71. The molecule has 6 heteroatoms. The molecule has 0 saturated heterocycles. The van der Waals surface area contributed by atoms with Gasteiger partial charge in [0.1, 0.15) is 5.82 Å². The third-order valence-corrected chi connectivity index (χ3v) is 6.53. The Labute approximate surface area is 125 Å². The molecule has 0 aromatic heterocycles. The van der Waals surface area contributed by atoms with Crippen molar-refractivity contribution in [2.45, 2.75) is 43.7 Å².